The van der Waals surface area contributed by atoms with Crippen molar-refractivity contribution in [3.63, 3.8) is 0 Å². The van der Waals surface area contributed by atoms with E-state index in [1.54, 1.807) is 0 Å². The van der Waals surface area contributed by atoms with Gasteiger partial charge in [-0.1, -0.05) is 60.7 Å². The van der Waals surface area contributed by atoms with Crippen molar-refractivity contribution in [1.82, 2.24) is 0 Å². The van der Waals surface area contributed by atoms with Crippen LogP contribution in [0, 0.1) is 0 Å². The van der Waals surface area contributed by atoms with Gasteiger partial charge in [0.25, 0.3) is 0 Å². The highest BCUT2D eigenvalue weighted by Gasteiger charge is 2.20. The van der Waals surface area contributed by atoms with Crippen LogP contribution in [0.2, 0.25) is 0 Å². The Bertz CT molecular complexity index is 625. The van der Waals surface area contributed by atoms with Gasteiger partial charge in [0.2, 0.25) is 0 Å². The lowest BCUT2D eigenvalue weighted by molar-refractivity contribution is -0.112. The van der Waals surface area contributed by atoms with Crippen LogP contribution >= 0.6 is 12.4 Å². The smallest absolute Gasteiger partial charge is 0.185 e. The maximum Gasteiger partial charge on any atom is 0.185 e. The van der Waals surface area contributed by atoms with E-state index in [9.17, 15) is 4.79 Å². The number of rotatable bonds is 2. The van der Waals surface area contributed by atoms with E-state index in [4.69, 9.17) is 0 Å². The average molecular weight is 311 g/mol. The molecule has 0 spiro atoms. The van der Waals surface area contributed by atoms with Crippen molar-refractivity contribution >= 4 is 30.3 Å². The first-order valence-corrected chi connectivity index (χ1v) is 7.39. The van der Waals surface area contributed by atoms with E-state index in [2.05, 4.69) is 0 Å². The number of hydrogen-bond acceptors (Lipinski definition) is 1. The van der Waals surface area contributed by atoms with Crippen LogP contribution in [0.1, 0.15) is 30.4 Å². The largest absolute Gasteiger partial charge is 0.289 e. The Balaban J connectivity index is 0.00000176. The van der Waals surface area contributed by atoms with Gasteiger partial charge in [-0.25, -0.2) is 0 Å². The van der Waals surface area contributed by atoms with Crippen LogP contribution in [0.25, 0.3) is 12.2 Å². The standard InChI is InChI=1S/C20H18O.ClH/c21-20-18(14-16-8-3-1-4-9-16)12-7-13-19(20)15-17-10-5-2-6-11-17;/h1-6,8-11,14-15H,7,12-13H2;1H. The fraction of sp³-hybridized carbons (Fsp3) is 0.150. The van der Waals surface area contributed by atoms with Gasteiger partial charge < -0.3 is 0 Å². The van der Waals surface area contributed by atoms with Gasteiger partial charge in [-0.15, -0.1) is 12.4 Å². The fourth-order valence-corrected chi connectivity index (χ4v) is 2.68. The Kier molecular flexibility index (Phi) is 5.74. The van der Waals surface area contributed by atoms with E-state index in [0.717, 1.165) is 41.5 Å². The molecule has 1 aliphatic carbocycles. The number of halogens is 1. The molecule has 2 aromatic rings. The zero-order valence-electron chi connectivity index (χ0n) is 12.4. The van der Waals surface area contributed by atoms with Crippen molar-refractivity contribution in [3.05, 3.63) is 82.9 Å². The second-order valence-electron chi connectivity index (χ2n) is 5.34. The van der Waals surface area contributed by atoms with E-state index in [1.807, 2.05) is 72.8 Å². The van der Waals surface area contributed by atoms with Gasteiger partial charge in [-0.3, -0.25) is 4.79 Å². The average Bonchev–Trinajstić information content (AvgIpc) is 2.53. The molecule has 0 aliphatic heterocycles. The second kappa shape index (κ2) is 7.77. The molecule has 112 valence electrons. The number of benzene rings is 2. The van der Waals surface area contributed by atoms with Crippen molar-refractivity contribution in [1.29, 1.82) is 0 Å². The van der Waals surface area contributed by atoms with Crippen LogP contribution < -0.4 is 0 Å². The van der Waals surface area contributed by atoms with E-state index in [-0.39, 0.29) is 18.2 Å². The third kappa shape index (κ3) is 3.96. The highest BCUT2D eigenvalue weighted by molar-refractivity contribution is 6.13. The molecule has 2 heteroatoms. The lowest BCUT2D eigenvalue weighted by atomic mass is 9.87. The summed E-state index contributed by atoms with van der Waals surface area (Å²) in [5.74, 6) is 0.203. The molecule has 22 heavy (non-hydrogen) atoms. The summed E-state index contributed by atoms with van der Waals surface area (Å²) in [5, 5.41) is 0. The topological polar surface area (TPSA) is 17.1 Å². The van der Waals surface area contributed by atoms with Gasteiger partial charge in [0.05, 0.1) is 0 Å². The van der Waals surface area contributed by atoms with Crippen molar-refractivity contribution in [3.8, 4) is 0 Å². The number of ketones is 1. The predicted octanol–water partition coefficient (Wildman–Crippen LogP) is 5.33. The predicted molar refractivity (Wildman–Crippen MR) is 94.9 cm³/mol. The van der Waals surface area contributed by atoms with Crippen molar-refractivity contribution in [2.24, 2.45) is 0 Å². The van der Waals surface area contributed by atoms with Crippen LogP contribution in [0.5, 0.6) is 0 Å². The van der Waals surface area contributed by atoms with Gasteiger partial charge in [-0.05, 0) is 42.5 Å². The normalized spacial score (nSPS) is 18.3. The molecule has 0 amide bonds. The zero-order chi connectivity index (χ0) is 14.5. The summed E-state index contributed by atoms with van der Waals surface area (Å²) in [6.45, 7) is 0. The summed E-state index contributed by atoms with van der Waals surface area (Å²) in [5.41, 5.74) is 4.05. The van der Waals surface area contributed by atoms with Crippen molar-refractivity contribution in [2.45, 2.75) is 19.3 Å². The summed E-state index contributed by atoms with van der Waals surface area (Å²) < 4.78 is 0. The summed E-state index contributed by atoms with van der Waals surface area (Å²) in [6, 6.07) is 20.1. The number of Topliss-reactive ketones (excluding diaryl/α,β-unsaturated/α-hetero) is 1. The van der Waals surface area contributed by atoms with Gasteiger partial charge in [-0.2, -0.15) is 0 Å². The third-order valence-corrected chi connectivity index (χ3v) is 3.76. The molecular weight excluding hydrogens is 292 g/mol. The lowest BCUT2D eigenvalue weighted by Gasteiger charge is -2.16. The van der Waals surface area contributed by atoms with E-state index in [1.165, 1.54) is 0 Å². The number of hydrogen-bond donors (Lipinski definition) is 0. The van der Waals surface area contributed by atoms with Gasteiger partial charge in [0, 0.05) is 11.1 Å². The molecule has 3 rings (SSSR count). The molecule has 0 atom stereocenters. The molecule has 2 aromatic carbocycles. The SMILES string of the molecule is Cl.O=C1C(=Cc2ccccc2)CCCC1=Cc1ccccc1. The number of carbonyl (C=O) groups is 1. The van der Waals surface area contributed by atoms with Crippen LogP contribution in [0.15, 0.2) is 71.8 Å². The number of allylic oxidation sites excluding steroid dienone is 2. The maximum atomic E-state index is 12.6. The van der Waals surface area contributed by atoms with Gasteiger partial charge in [0.15, 0.2) is 5.78 Å². The van der Waals surface area contributed by atoms with Crippen LogP contribution in [-0.2, 0) is 4.79 Å². The summed E-state index contributed by atoms with van der Waals surface area (Å²) in [6.07, 6.45) is 6.85. The zero-order valence-corrected chi connectivity index (χ0v) is 13.2. The molecule has 1 saturated carbocycles. The minimum absolute atomic E-state index is 0. The summed E-state index contributed by atoms with van der Waals surface area (Å²) in [7, 11) is 0. The quantitative estimate of drug-likeness (QED) is 0.685. The molecular formula is C20H19ClO. The van der Waals surface area contributed by atoms with Crippen LogP contribution in [-0.4, -0.2) is 5.78 Å². The van der Waals surface area contributed by atoms with Gasteiger partial charge in [0.1, 0.15) is 0 Å². The van der Waals surface area contributed by atoms with E-state index < -0.39 is 0 Å². The molecule has 0 bridgehead atoms. The molecule has 0 heterocycles. The second-order valence-corrected chi connectivity index (χ2v) is 5.34. The van der Waals surface area contributed by atoms with E-state index >= 15 is 0 Å². The monoisotopic (exact) mass is 310 g/mol. The van der Waals surface area contributed by atoms with Crippen molar-refractivity contribution < 1.29 is 4.79 Å². The summed E-state index contributed by atoms with van der Waals surface area (Å²) >= 11 is 0. The molecule has 0 saturated heterocycles. The lowest BCUT2D eigenvalue weighted by Crippen LogP contribution is -2.12. The summed E-state index contributed by atoms with van der Waals surface area (Å²) in [4.78, 5) is 12.6. The Morgan fingerprint density at radius 2 is 1.09 bits per heavy atom. The van der Waals surface area contributed by atoms with E-state index in [0.29, 0.717) is 0 Å². The molecule has 1 aliphatic rings. The third-order valence-electron chi connectivity index (χ3n) is 3.76. The first-order valence-electron chi connectivity index (χ1n) is 7.39. The van der Waals surface area contributed by atoms with Crippen LogP contribution in [0.3, 0.4) is 0 Å². The van der Waals surface area contributed by atoms with Crippen LogP contribution in [0.4, 0.5) is 0 Å². The number of carbonyl (C=O) groups excluding carboxylic acids is 1. The Hall–Kier alpha value is -2.12. The molecule has 1 nitrogen and oxygen atoms in total. The highest BCUT2D eigenvalue weighted by atomic mass is 35.5. The fourth-order valence-electron chi connectivity index (χ4n) is 2.68. The maximum absolute atomic E-state index is 12.6. The van der Waals surface area contributed by atoms with Crippen molar-refractivity contribution in [2.75, 3.05) is 0 Å². The molecule has 0 radical (unpaired) electrons. The molecule has 0 N–H and O–H groups in total. The minimum atomic E-state index is 0. The minimum Gasteiger partial charge on any atom is -0.289 e. The Morgan fingerprint density at radius 3 is 1.50 bits per heavy atom. The first-order chi connectivity index (χ1) is 10.3. The molecule has 0 aromatic heterocycles. The highest BCUT2D eigenvalue weighted by Crippen LogP contribution is 2.27. The molecule has 1 fully saturated rings. The van der Waals surface area contributed by atoms with Gasteiger partial charge >= 0.3 is 0 Å². The Labute approximate surface area is 137 Å². The molecule has 0 unspecified atom stereocenters. The Morgan fingerprint density at radius 1 is 0.682 bits per heavy atom. The first kappa shape index (κ1) is 16.3.